The second-order valence-corrected chi connectivity index (χ2v) is 3.55. The Morgan fingerprint density at radius 1 is 1.57 bits per heavy atom. The molecule has 1 aliphatic rings. The van der Waals surface area contributed by atoms with Crippen molar-refractivity contribution >= 4 is 11.8 Å². The third-order valence-electron chi connectivity index (χ3n) is 2.31. The lowest BCUT2D eigenvalue weighted by Crippen LogP contribution is -2.54. The topological polar surface area (TPSA) is 61.4 Å². The number of rotatable bonds is 2. The fraction of sp³-hybridized carbons (Fsp3) is 0.778. The standard InChI is InChI=1S/C9H17N3O2/c1-7-5-10-3-4-12(7)9(14)6-11-8(2)13/h7,10H,3-6H2,1-2H3,(H,11,13)/t7-/m1/s1. The fourth-order valence-electron chi connectivity index (χ4n) is 1.51. The van der Waals surface area contributed by atoms with Crippen molar-refractivity contribution in [3.8, 4) is 0 Å². The van der Waals surface area contributed by atoms with E-state index in [1.807, 2.05) is 6.92 Å². The maximum Gasteiger partial charge on any atom is 0.242 e. The second-order valence-electron chi connectivity index (χ2n) is 3.55. The smallest absolute Gasteiger partial charge is 0.242 e. The van der Waals surface area contributed by atoms with Gasteiger partial charge in [0.2, 0.25) is 11.8 Å². The summed E-state index contributed by atoms with van der Waals surface area (Å²) < 4.78 is 0. The fourth-order valence-corrected chi connectivity index (χ4v) is 1.51. The van der Waals surface area contributed by atoms with E-state index in [0.717, 1.165) is 19.6 Å². The van der Waals surface area contributed by atoms with Gasteiger partial charge in [0, 0.05) is 32.6 Å². The van der Waals surface area contributed by atoms with Crippen LogP contribution < -0.4 is 10.6 Å². The van der Waals surface area contributed by atoms with Crippen LogP contribution in [0.25, 0.3) is 0 Å². The van der Waals surface area contributed by atoms with Crippen molar-refractivity contribution in [3.05, 3.63) is 0 Å². The maximum absolute atomic E-state index is 11.6. The molecule has 0 aliphatic carbocycles. The zero-order valence-electron chi connectivity index (χ0n) is 8.67. The molecule has 0 aromatic heterocycles. The number of carbonyl (C=O) groups excluding carboxylic acids is 2. The molecule has 1 heterocycles. The Balaban J connectivity index is 2.38. The summed E-state index contributed by atoms with van der Waals surface area (Å²) in [5.74, 6) is -0.171. The predicted octanol–water partition coefficient (Wildman–Crippen LogP) is -1.06. The van der Waals surface area contributed by atoms with Gasteiger partial charge < -0.3 is 15.5 Å². The Morgan fingerprint density at radius 3 is 2.86 bits per heavy atom. The van der Waals surface area contributed by atoms with E-state index in [2.05, 4.69) is 10.6 Å². The summed E-state index contributed by atoms with van der Waals surface area (Å²) >= 11 is 0. The van der Waals surface area contributed by atoms with Gasteiger partial charge in [0.1, 0.15) is 0 Å². The van der Waals surface area contributed by atoms with E-state index in [9.17, 15) is 9.59 Å². The lowest BCUT2D eigenvalue weighted by Gasteiger charge is -2.34. The first-order valence-corrected chi connectivity index (χ1v) is 4.86. The van der Waals surface area contributed by atoms with Crippen molar-refractivity contribution in [2.45, 2.75) is 19.9 Å². The summed E-state index contributed by atoms with van der Waals surface area (Å²) in [4.78, 5) is 24.0. The van der Waals surface area contributed by atoms with E-state index in [1.54, 1.807) is 4.90 Å². The molecule has 0 bridgehead atoms. The number of amides is 2. The molecule has 5 nitrogen and oxygen atoms in total. The predicted molar refractivity (Wildman–Crippen MR) is 52.7 cm³/mol. The minimum atomic E-state index is -0.166. The molecule has 5 heteroatoms. The van der Waals surface area contributed by atoms with Crippen LogP contribution in [0, 0.1) is 0 Å². The van der Waals surface area contributed by atoms with Crippen LogP contribution in [0.5, 0.6) is 0 Å². The van der Waals surface area contributed by atoms with Gasteiger partial charge in [0.25, 0.3) is 0 Å². The lowest BCUT2D eigenvalue weighted by atomic mass is 10.2. The molecule has 0 aromatic rings. The van der Waals surface area contributed by atoms with Crippen molar-refractivity contribution in [2.24, 2.45) is 0 Å². The van der Waals surface area contributed by atoms with Gasteiger partial charge >= 0.3 is 0 Å². The average molecular weight is 199 g/mol. The van der Waals surface area contributed by atoms with Crippen LogP contribution in [0.3, 0.4) is 0 Å². The molecule has 1 rings (SSSR count). The first-order chi connectivity index (χ1) is 6.61. The highest BCUT2D eigenvalue weighted by atomic mass is 16.2. The quantitative estimate of drug-likeness (QED) is 0.596. The Labute approximate surface area is 83.8 Å². The van der Waals surface area contributed by atoms with Crippen molar-refractivity contribution in [2.75, 3.05) is 26.2 Å². The molecule has 0 aromatic carbocycles. The summed E-state index contributed by atoms with van der Waals surface area (Å²) in [6.45, 7) is 5.90. The van der Waals surface area contributed by atoms with Gasteiger partial charge in [-0.25, -0.2) is 0 Å². The van der Waals surface area contributed by atoms with Crippen LogP contribution >= 0.6 is 0 Å². The SMILES string of the molecule is CC(=O)NCC(=O)N1CCNC[C@H]1C. The van der Waals surface area contributed by atoms with Gasteiger partial charge in [0.05, 0.1) is 6.54 Å². The normalized spacial score (nSPS) is 21.9. The number of carbonyl (C=O) groups is 2. The van der Waals surface area contributed by atoms with Gasteiger partial charge in [-0.1, -0.05) is 0 Å². The van der Waals surface area contributed by atoms with Gasteiger partial charge in [-0.15, -0.1) is 0 Å². The molecule has 80 valence electrons. The largest absolute Gasteiger partial charge is 0.347 e. The second kappa shape index (κ2) is 4.95. The van der Waals surface area contributed by atoms with E-state index >= 15 is 0 Å². The van der Waals surface area contributed by atoms with Crippen LogP contribution in [0.1, 0.15) is 13.8 Å². The molecule has 1 fully saturated rings. The molecule has 1 aliphatic heterocycles. The minimum absolute atomic E-state index is 0.00537. The zero-order valence-corrected chi connectivity index (χ0v) is 8.67. The molecule has 0 spiro atoms. The van der Waals surface area contributed by atoms with Gasteiger partial charge in [-0.3, -0.25) is 9.59 Å². The number of hydrogen-bond acceptors (Lipinski definition) is 3. The highest BCUT2D eigenvalue weighted by molar-refractivity contribution is 5.83. The van der Waals surface area contributed by atoms with Crippen LogP contribution in [0.4, 0.5) is 0 Å². The van der Waals surface area contributed by atoms with Crippen LogP contribution in [-0.2, 0) is 9.59 Å². The molecule has 0 saturated carbocycles. The van der Waals surface area contributed by atoms with Gasteiger partial charge in [-0.2, -0.15) is 0 Å². The highest BCUT2D eigenvalue weighted by Crippen LogP contribution is 2.01. The Kier molecular flexibility index (Phi) is 3.88. The van der Waals surface area contributed by atoms with Crippen molar-refractivity contribution in [1.29, 1.82) is 0 Å². The van der Waals surface area contributed by atoms with Crippen molar-refractivity contribution in [1.82, 2.24) is 15.5 Å². The molecule has 2 amide bonds. The maximum atomic E-state index is 11.6. The van der Waals surface area contributed by atoms with Crippen molar-refractivity contribution < 1.29 is 9.59 Å². The molecule has 0 unspecified atom stereocenters. The lowest BCUT2D eigenvalue weighted by molar-refractivity contribution is -0.134. The Morgan fingerprint density at radius 2 is 2.29 bits per heavy atom. The third kappa shape index (κ3) is 2.99. The molecule has 1 atom stereocenters. The number of piperazine rings is 1. The summed E-state index contributed by atoms with van der Waals surface area (Å²) in [6, 6.07) is 0.213. The van der Waals surface area contributed by atoms with Crippen LogP contribution in [0.2, 0.25) is 0 Å². The van der Waals surface area contributed by atoms with Gasteiger partial charge in [-0.05, 0) is 6.92 Å². The summed E-state index contributed by atoms with van der Waals surface area (Å²) in [7, 11) is 0. The average Bonchev–Trinajstić information content (AvgIpc) is 2.15. The summed E-state index contributed by atoms with van der Waals surface area (Å²) in [6.07, 6.45) is 0. The van der Waals surface area contributed by atoms with Crippen LogP contribution in [0.15, 0.2) is 0 Å². The van der Waals surface area contributed by atoms with Crippen molar-refractivity contribution in [3.63, 3.8) is 0 Å². The first-order valence-electron chi connectivity index (χ1n) is 4.86. The van der Waals surface area contributed by atoms with E-state index < -0.39 is 0 Å². The van der Waals surface area contributed by atoms with E-state index in [0.29, 0.717) is 0 Å². The van der Waals surface area contributed by atoms with Crippen LogP contribution in [-0.4, -0.2) is 48.9 Å². The summed E-state index contributed by atoms with van der Waals surface area (Å²) in [5.41, 5.74) is 0. The van der Waals surface area contributed by atoms with E-state index in [1.165, 1.54) is 6.92 Å². The number of nitrogens with zero attached hydrogens (tertiary/aromatic N) is 1. The molecule has 0 radical (unpaired) electrons. The Bertz CT molecular complexity index is 230. The monoisotopic (exact) mass is 199 g/mol. The number of nitrogens with one attached hydrogen (secondary N) is 2. The van der Waals surface area contributed by atoms with E-state index in [4.69, 9.17) is 0 Å². The number of hydrogen-bond donors (Lipinski definition) is 2. The van der Waals surface area contributed by atoms with Gasteiger partial charge in [0.15, 0.2) is 0 Å². The Hall–Kier alpha value is -1.10. The molecule has 1 saturated heterocycles. The first kappa shape index (κ1) is 11.0. The minimum Gasteiger partial charge on any atom is -0.347 e. The molecule has 2 N–H and O–H groups in total. The third-order valence-corrected chi connectivity index (χ3v) is 2.31. The molecule has 14 heavy (non-hydrogen) atoms. The summed E-state index contributed by atoms with van der Waals surface area (Å²) in [5, 5.41) is 5.72. The molecular formula is C9H17N3O2. The zero-order chi connectivity index (χ0) is 10.6. The molecular weight excluding hydrogens is 182 g/mol. The van der Waals surface area contributed by atoms with E-state index in [-0.39, 0.29) is 24.4 Å². The highest BCUT2D eigenvalue weighted by Gasteiger charge is 2.22.